The molecule has 1 N–H and O–H groups in total. The molecule has 0 bridgehead atoms. The highest BCUT2D eigenvalue weighted by atomic mass is 16.2. The molecule has 0 radical (unpaired) electrons. The number of amides is 3. The summed E-state index contributed by atoms with van der Waals surface area (Å²) in [6.45, 7) is 9.86. The van der Waals surface area contributed by atoms with Gasteiger partial charge in [-0.3, -0.25) is 10.1 Å². The first-order valence-electron chi connectivity index (χ1n) is 5.39. The number of rotatable bonds is 2. The van der Waals surface area contributed by atoms with Gasteiger partial charge < -0.3 is 4.90 Å². The molecule has 1 aliphatic rings. The van der Waals surface area contributed by atoms with Crippen LogP contribution in [0.1, 0.15) is 34.1 Å². The second kappa shape index (κ2) is 4.21. The Bertz CT molecular complexity index is 268. The van der Waals surface area contributed by atoms with Crippen molar-refractivity contribution in [2.75, 3.05) is 13.1 Å². The van der Waals surface area contributed by atoms with Crippen molar-refractivity contribution in [1.29, 1.82) is 0 Å². The van der Waals surface area contributed by atoms with E-state index >= 15 is 0 Å². The zero-order valence-corrected chi connectivity index (χ0v) is 9.96. The number of carbonyl (C=O) groups excluding carboxylic acids is 2. The molecule has 1 unspecified atom stereocenters. The lowest BCUT2D eigenvalue weighted by Crippen LogP contribution is -2.51. The first-order valence-corrected chi connectivity index (χ1v) is 5.39. The van der Waals surface area contributed by atoms with Crippen molar-refractivity contribution in [1.82, 2.24) is 10.2 Å². The molecule has 1 saturated heterocycles. The Morgan fingerprint density at radius 3 is 2.47 bits per heavy atom. The third-order valence-electron chi connectivity index (χ3n) is 3.11. The normalized spacial score (nSPS) is 20.1. The number of nitrogens with zero attached hydrogens (tertiary/aromatic N) is 1. The van der Waals surface area contributed by atoms with Crippen LogP contribution in [0.25, 0.3) is 0 Å². The van der Waals surface area contributed by atoms with Crippen LogP contribution in [0.15, 0.2) is 0 Å². The molecule has 1 atom stereocenters. The van der Waals surface area contributed by atoms with Crippen molar-refractivity contribution in [3.05, 3.63) is 0 Å². The van der Waals surface area contributed by atoms with E-state index in [-0.39, 0.29) is 17.4 Å². The van der Waals surface area contributed by atoms with Crippen LogP contribution in [0, 0.1) is 11.3 Å². The van der Waals surface area contributed by atoms with E-state index < -0.39 is 0 Å². The van der Waals surface area contributed by atoms with Crippen LogP contribution >= 0.6 is 0 Å². The second-order valence-corrected chi connectivity index (χ2v) is 5.32. The molecule has 0 aromatic heterocycles. The van der Waals surface area contributed by atoms with E-state index in [1.807, 2.05) is 0 Å². The number of imide groups is 1. The summed E-state index contributed by atoms with van der Waals surface area (Å²) in [6.07, 6.45) is 0.419. The first kappa shape index (κ1) is 12.0. The molecular weight excluding hydrogens is 192 g/mol. The fourth-order valence-corrected chi connectivity index (χ4v) is 1.38. The van der Waals surface area contributed by atoms with E-state index in [9.17, 15) is 9.59 Å². The van der Waals surface area contributed by atoms with Crippen LogP contribution < -0.4 is 5.32 Å². The maximum Gasteiger partial charge on any atom is 0.324 e. The Morgan fingerprint density at radius 1 is 1.40 bits per heavy atom. The Hall–Kier alpha value is -1.06. The number of carbonyl (C=O) groups is 2. The molecule has 0 spiro atoms. The summed E-state index contributed by atoms with van der Waals surface area (Å²) in [5, 5.41) is 2.33. The van der Waals surface area contributed by atoms with Crippen molar-refractivity contribution in [3.63, 3.8) is 0 Å². The quantitative estimate of drug-likeness (QED) is 0.756. The van der Waals surface area contributed by atoms with Gasteiger partial charge in [-0.05, 0) is 11.3 Å². The van der Waals surface area contributed by atoms with Crippen LogP contribution in [-0.2, 0) is 4.79 Å². The average Bonchev–Trinajstić information content (AvgIpc) is 2.08. The maximum absolute atomic E-state index is 11.5. The van der Waals surface area contributed by atoms with Gasteiger partial charge in [-0.2, -0.15) is 0 Å². The van der Waals surface area contributed by atoms with Gasteiger partial charge in [0.05, 0.1) is 0 Å². The lowest BCUT2D eigenvalue weighted by molar-refractivity contribution is -0.121. The van der Waals surface area contributed by atoms with Gasteiger partial charge in [0.15, 0.2) is 0 Å². The highest BCUT2D eigenvalue weighted by Gasteiger charge is 2.28. The molecule has 1 aliphatic heterocycles. The summed E-state index contributed by atoms with van der Waals surface area (Å²) in [6, 6.07) is -0.248. The van der Waals surface area contributed by atoms with Crippen molar-refractivity contribution >= 4 is 11.9 Å². The molecule has 0 aromatic rings. The van der Waals surface area contributed by atoms with Gasteiger partial charge in [-0.1, -0.05) is 27.7 Å². The predicted molar refractivity (Wildman–Crippen MR) is 58.3 cm³/mol. The van der Waals surface area contributed by atoms with Crippen LogP contribution in [-0.4, -0.2) is 29.9 Å². The van der Waals surface area contributed by atoms with E-state index in [1.165, 1.54) is 0 Å². The molecule has 0 saturated carbocycles. The van der Waals surface area contributed by atoms with Gasteiger partial charge in [0.1, 0.15) is 0 Å². The predicted octanol–water partition coefficient (Wildman–Crippen LogP) is 1.61. The minimum absolute atomic E-state index is 0.167. The topological polar surface area (TPSA) is 49.4 Å². The van der Waals surface area contributed by atoms with Crippen LogP contribution in [0.3, 0.4) is 0 Å². The van der Waals surface area contributed by atoms with Crippen molar-refractivity contribution in [3.8, 4) is 0 Å². The summed E-state index contributed by atoms with van der Waals surface area (Å²) < 4.78 is 0. The number of hydrogen-bond donors (Lipinski definition) is 1. The van der Waals surface area contributed by atoms with Gasteiger partial charge in [0.2, 0.25) is 5.91 Å². The van der Waals surface area contributed by atoms with Crippen molar-refractivity contribution in [2.24, 2.45) is 11.3 Å². The molecule has 1 heterocycles. The fourth-order valence-electron chi connectivity index (χ4n) is 1.38. The average molecular weight is 212 g/mol. The lowest BCUT2D eigenvalue weighted by Gasteiger charge is -2.34. The largest absolute Gasteiger partial charge is 0.324 e. The summed E-state index contributed by atoms with van der Waals surface area (Å²) >= 11 is 0. The molecule has 1 fully saturated rings. The van der Waals surface area contributed by atoms with E-state index in [1.54, 1.807) is 4.90 Å². The molecule has 3 amide bonds. The van der Waals surface area contributed by atoms with E-state index in [2.05, 4.69) is 33.0 Å². The Labute approximate surface area is 91.0 Å². The van der Waals surface area contributed by atoms with Gasteiger partial charge >= 0.3 is 6.03 Å². The van der Waals surface area contributed by atoms with Crippen LogP contribution in [0.2, 0.25) is 0 Å². The first-order chi connectivity index (χ1) is 6.80. The number of urea groups is 1. The van der Waals surface area contributed by atoms with Crippen molar-refractivity contribution in [2.45, 2.75) is 34.1 Å². The third kappa shape index (κ3) is 3.22. The minimum atomic E-state index is -0.248. The highest BCUT2D eigenvalue weighted by Crippen LogP contribution is 2.26. The van der Waals surface area contributed by atoms with Gasteiger partial charge in [-0.25, -0.2) is 4.79 Å². The number of hydrogen-bond acceptors (Lipinski definition) is 2. The molecule has 15 heavy (non-hydrogen) atoms. The SMILES string of the molecule is CC(CN1CCC(=O)NC1=O)C(C)(C)C. The molecule has 4 heteroatoms. The van der Waals surface area contributed by atoms with E-state index in [0.29, 0.717) is 25.4 Å². The second-order valence-electron chi connectivity index (χ2n) is 5.32. The van der Waals surface area contributed by atoms with Gasteiger partial charge in [0, 0.05) is 19.5 Å². The number of nitrogens with one attached hydrogen (secondary N) is 1. The third-order valence-corrected chi connectivity index (χ3v) is 3.11. The van der Waals surface area contributed by atoms with E-state index in [4.69, 9.17) is 0 Å². The lowest BCUT2D eigenvalue weighted by atomic mass is 9.82. The molecule has 0 aliphatic carbocycles. The van der Waals surface area contributed by atoms with Gasteiger partial charge in [0.25, 0.3) is 0 Å². The fraction of sp³-hybridized carbons (Fsp3) is 0.818. The summed E-state index contributed by atoms with van der Waals surface area (Å²) in [4.78, 5) is 24.1. The van der Waals surface area contributed by atoms with E-state index in [0.717, 1.165) is 0 Å². The smallest absolute Gasteiger partial charge is 0.324 e. The molecule has 0 aromatic carbocycles. The summed E-state index contributed by atoms with van der Waals surface area (Å²) in [5.41, 5.74) is 0.182. The van der Waals surface area contributed by atoms with Crippen LogP contribution in [0.5, 0.6) is 0 Å². The Balaban J connectivity index is 2.52. The summed E-state index contributed by atoms with van der Waals surface area (Å²) in [5.74, 6) is 0.246. The Morgan fingerprint density at radius 2 is 2.00 bits per heavy atom. The molecule has 4 nitrogen and oxygen atoms in total. The van der Waals surface area contributed by atoms with Crippen LogP contribution in [0.4, 0.5) is 4.79 Å². The molecule has 86 valence electrons. The molecular formula is C11H20N2O2. The Kier molecular flexibility index (Phi) is 3.37. The summed E-state index contributed by atoms with van der Waals surface area (Å²) in [7, 11) is 0. The zero-order chi connectivity index (χ0) is 11.6. The monoisotopic (exact) mass is 212 g/mol. The van der Waals surface area contributed by atoms with Crippen molar-refractivity contribution < 1.29 is 9.59 Å². The maximum atomic E-state index is 11.5. The highest BCUT2D eigenvalue weighted by molar-refractivity contribution is 5.96. The minimum Gasteiger partial charge on any atom is -0.324 e. The zero-order valence-electron chi connectivity index (χ0n) is 9.96. The standard InChI is InChI=1S/C11H20N2O2/c1-8(11(2,3)4)7-13-6-5-9(14)12-10(13)15/h8H,5-7H2,1-4H3,(H,12,14,15). The van der Waals surface area contributed by atoms with Gasteiger partial charge in [-0.15, -0.1) is 0 Å². The molecule has 1 rings (SSSR count).